The molecule has 1 heterocycles. The first kappa shape index (κ1) is 27.5. The zero-order chi connectivity index (χ0) is 24.1. The second-order valence-corrected chi connectivity index (χ2v) is 7.73. The fourth-order valence-corrected chi connectivity index (χ4v) is 3.63. The minimum Gasteiger partial charge on any atom is -0.481 e. The molecule has 1 atom stereocenters. The van der Waals surface area contributed by atoms with E-state index < -0.39 is 5.97 Å². The van der Waals surface area contributed by atoms with Gasteiger partial charge in [0.25, 0.3) is 0 Å². The fraction of sp³-hybridized carbons (Fsp3) is 0.480. The van der Waals surface area contributed by atoms with E-state index in [0.29, 0.717) is 23.2 Å². The van der Waals surface area contributed by atoms with Gasteiger partial charge in [-0.1, -0.05) is 64.0 Å². The van der Waals surface area contributed by atoms with Crippen LogP contribution in [0.4, 0.5) is 0 Å². The molecule has 32 heavy (non-hydrogen) atoms. The normalized spacial score (nSPS) is 21.1. The predicted octanol–water partition coefficient (Wildman–Crippen LogP) is 5.70. The minimum absolute atomic E-state index is 0.0833. The van der Waals surface area contributed by atoms with Gasteiger partial charge >= 0.3 is 5.97 Å². The van der Waals surface area contributed by atoms with Crippen molar-refractivity contribution in [1.29, 1.82) is 0 Å². The Hall–Kier alpha value is -2.54. The van der Waals surface area contributed by atoms with Gasteiger partial charge in [0.15, 0.2) is 0 Å². The highest BCUT2D eigenvalue weighted by Gasteiger charge is 2.26. The Morgan fingerprint density at radius 3 is 2.31 bits per heavy atom. The first-order valence-electron chi connectivity index (χ1n) is 11.2. The molecule has 6 nitrogen and oxygen atoms in total. The summed E-state index contributed by atoms with van der Waals surface area (Å²) >= 11 is 3.42. The van der Waals surface area contributed by atoms with Crippen molar-refractivity contribution >= 4 is 30.2 Å². The number of benzene rings is 1. The van der Waals surface area contributed by atoms with E-state index >= 15 is 0 Å². The predicted molar refractivity (Wildman–Crippen MR) is 137 cm³/mol. The van der Waals surface area contributed by atoms with Gasteiger partial charge in [-0.2, -0.15) is 12.6 Å². The van der Waals surface area contributed by atoms with Crippen LogP contribution in [-0.2, 0) is 9.53 Å². The minimum atomic E-state index is -0.881. The number of hydrogen-bond donors (Lipinski definition) is 3. The number of allylic oxidation sites excluding steroid dienone is 1. The lowest BCUT2D eigenvalue weighted by Gasteiger charge is -2.25. The van der Waals surface area contributed by atoms with Crippen LogP contribution in [0.15, 0.2) is 58.4 Å². The van der Waals surface area contributed by atoms with Crippen molar-refractivity contribution in [2.24, 2.45) is 15.7 Å². The molecule has 3 N–H and O–H groups in total. The fourth-order valence-electron chi connectivity index (χ4n) is 3.63. The van der Waals surface area contributed by atoms with Crippen molar-refractivity contribution in [3.63, 3.8) is 0 Å². The Morgan fingerprint density at radius 1 is 1.28 bits per heavy atom. The van der Waals surface area contributed by atoms with Crippen molar-refractivity contribution in [3.05, 3.63) is 59.6 Å². The van der Waals surface area contributed by atoms with Crippen LogP contribution in [0.2, 0.25) is 0 Å². The Bertz CT molecular complexity index is 834. The molecule has 1 aliphatic heterocycles. The van der Waals surface area contributed by atoms with Gasteiger partial charge in [0.1, 0.15) is 11.8 Å². The van der Waals surface area contributed by atoms with Gasteiger partial charge in [-0.05, 0) is 43.7 Å². The number of carboxylic acids is 1. The van der Waals surface area contributed by atoms with Crippen LogP contribution in [-0.4, -0.2) is 34.5 Å². The van der Waals surface area contributed by atoms with Gasteiger partial charge in [-0.3, -0.25) is 4.79 Å². The number of carboxylic acid groups (broad SMARTS) is 1. The van der Waals surface area contributed by atoms with E-state index in [2.05, 4.69) is 48.5 Å². The van der Waals surface area contributed by atoms with Crippen molar-refractivity contribution in [3.8, 4) is 0 Å². The van der Waals surface area contributed by atoms with Crippen molar-refractivity contribution < 1.29 is 14.6 Å². The first-order valence-corrected chi connectivity index (χ1v) is 11.8. The van der Waals surface area contributed by atoms with Gasteiger partial charge < -0.3 is 15.6 Å². The van der Waals surface area contributed by atoms with Crippen molar-refractivity contribution in [2.45, 2.75) is 71.8 Å². The number of ether oxygens (including phenoxy) is 1. The Kier molecular flexibility index (Phi) is 12.5. The van der Waals surface area contributed by atoms with E-state index in [0.717, 1.165) is 11.3 Å². The van der Waals surface area contributed by atoms with Crippen molar-refractivity contribution in [1.82, 2.24) is 0 Å². The van der Waals surface area contributed by atoms with E-state index in [1.54, 1.807) is 6.92 Å². The Labute approximate surface area is 197 Å². The van der Waals surface area contributed by atoms with Gasteiger partial charge in [-0.15, -0.1) is 0 Å². The maximum atomic E-state index is 9.29. The number of carbonyl (C=O) groups is 1. The summed E-state index contributed by atoms with van der Waals surface area (Å²) in [5.41, 5.74) is 10.5. The zero-order valence-electron chi connectivity index (χ0n) is 19.7. The van der Waals surface area contributed by atoms with E-state index in [9.17, 15) is 4.79 Å². The largest absolute Gasteiger partial charge is 0.481 e. The number of rotatable bonds is 4. The van der Waals surface area contributed by atoms with Crippen LogP contribution in [0.5, 0.6) is 0 Å². The molecule has 0 spiro atoms. The highest BCUT2D eigenvalue weighted by molar-refractivity contribution is 7.81. The van der Waals surface area contributed by atoms with Crippen LogP contribution in [0, 0.1) is 0 Å². The number of nitrogens with zero attached hydrogens (tertiary/aromatic N) is 2. The summed E-state index contributed by atoms with van der Waals surface area (Å²) < 4.78 is 5.92. The second kappa shape index (κ2) is 14.5. The van der Waals surface area contributed by atoms with E-state index in [4.69, 9.17) is 20.6 Å². The summed E-state index contributed by atoms with van der Waals surface area (Å²) in [4.78, 5) is 18.2. The Morgan fingerprint density at radius 2 is 1.84 bits per heavy atom. The molecule has 1 aliphatic carbocycles. The molecule has 1 unspecified atom stereocenters. The van der Waals surface area contributed by atoms with E-state index in [1.165, 1.54) is 43.9 Å². The summed E-state index contributed by atoms with van der Waals surface area (Å²) in [5.74, 6) is 0.177. The molecule has 0 aromatic heterocycles. The standard InChI is InChI=1S/C21H27N3O.C2H4O2S.C2H6/c1-4-23-21-19(14(2)22)24-20(15(3)25-21)18-12-10-17(11-13-18)16-8-6-5-7-9-16;3-2(4)1-5;1-2/h4,10-13,15-16H,1,5-9,22H2,2-3H3;5H,1H2,(H,3,4);1-2H3/b19-14-,23-21?;;. The van der Waals surface area contributed by atoms with Crippen LogP contribution < -0.4 is 5.73 Å². The third-order valence-electron chi connectivity index (χ3n) is 5.11. The molecule has 3 rings (SSSR count). The highest BCUT2D eigenvalue weighted by Crippen LogP contribution is 2.33. The molecule has 1 aromatic carbocycles. The number of aliphatic imine (C=N–C) groups is 2. The van der Waals surface area contributed by atoms with Crippen LogP contribution >= 0.6 is 12.6 Å². The molecule has 0 radical (unpaired) electrons. The summed E-state index contributed by atoms with van der Waals surface area (Å²) in [7, 11) is 0. The maximum Gasteiger partial charge on any atom is 0.313 e. The molecule has 2 aliphatic rings. The third kappa shape index (κ3) is 8.19. The van der Waals surface area contributed by atoms with E-state index in [-0.39, 0.29) is 11.9 Å². The maximum absolute atomic E-state index is 9.29. The molecule has 7 heteroatoms. The van der Waals surface area contributed by atoms with Crippen LogP contribution in [0.1, 0.15) is 76.8 Å². The average Bonchev–Trinajstić information content (AvgIpc) is 2.81. The molecule has 0 amide bonds. The molecule has 1 aromatic rings. The summed E-state index contributed by atoms with van der Waals surface area (Å²) in [5, 5.41) is 7.65. The summed E-state index contributed by atoms with van der Waals surface area (Å²) in [6.07, 6.45) is 7.95. The lowest BCUT2D eigenvalue weighted by atomic mass is 9.83. The SMILES string of the molecule is C=CN=C1OC(C)C(c2ccc(C3CCCCC3)cc2)=N/C1=C(/C)N.CC.O=C(O)CS. The van der Waals surface area contributed by atoms with Gasteiger partial charge in [0.05, 0.1) is 11.5 Å². The summed E-state index contributed by atoms with van der Waals surface area (Å²) in [6.45, 7) is 11.4. The lowest BCUT2D eigenvalue weighted by molar-refractivity contribution is -0.133. The highest BCUT2D eigenvalue weighted by atomic mass is 32.1. The molecular weight excluding hydrogens is 422 g/mol. The average molecular weight is 460 g/mol. The van der Waals surface area contributed by atoms with E-state index in [1.807, 2.05) is 20.8 Å². The topological polar surface area (TPSA) is 97.3 Å². The van der Waals surface area contributed by atoms with Gasteiger partial charge in [-0.25, -0.2) is 9.98 Å². The quantitative estimate of drug-likeness (QED) is 0.503. The monoisotopic (exact) mass is 459 g/mol. The number of aliphatic carboxylic acids is 1. The molecule has 1 fully saturated rings. The number of nitrogens with two attached hydrogens (primary N) is 1. The van der Waals surface area contributed by atoms with Gasteiger partial charge in [0.2, 0.25) is 5.90 Å². The smallest absolute Gasteiger partial charge is 0.313 e. The number of hydrogen-bond acceptors (Lipinski definition) is 6. The second-order valence-electron chi connectivity index (χ2n) is 7.41. The first-order chi connectivity index (χ1) is 15.4. The molecule has 0 bridgehead atoms. The van der Waals surface area contributed by atoms with Gasteiger partial charge in [0, 0.05) is 11.9 Å². The Balaban J connectivity index is 0.000000646. The summed E-state index contributed by atoms with van der Waals surface area (Å²) in [6, 6.07) is 8.79. The lowest BCUT2D eigenvalue weighted by Crippen LogP contribution is -2.32. The molecule has 1 saturated carbocycles. The molecule has 176 valence electrons. The van der Waals surface area contributed by atoms with Crippen LogP contribution in [0.3, 0.4) is 0 Å². The zero-order valence-corrected chi connectivity index (χ0v) is 20.6. The van der Waals surface area contributed by atoms with Crippen molar-refractivity contribution in [2.75, 3.05) is 5.75 Å². The molecule has 0 saturated heterocycles. The molecular formula is C25H37N3O3S. The van der Waals surface area contributed by atoms with Crippen LogP contribution in [0.25, 0.3) is 0 Å². The third-order valence-corrected chi connectivity index (χ3v) is 5.38. The number of thiol groups is 1.